The van der Waals surface area contributed by atoms with Crippen LogP contribution in [0.5, 0.6) is 0 Å². The molecule has 1 fully saturated rings. The Labute approximate surface area is 186 Å². The van der Waals surface area contributed by atoms with Gasteiger partial charge >= 0.3 is 5.97 Å². The van der Waals surface area contributed by atoms with Crippen LogP contribution in [0, 0.1) is 0 Å². The van der Waals surface area contributed by atoms with Gasteiger partial charge in [0.2, 0.25) is 23.6 Å². The quantitative estimate of drug-likeness (QED) is 0.113. The van der Waals surface area contributed by atoms with E-state index in [9.17, 15) is 24.0 Å². The summed E-state index contributed by atoms with van der Waals surface area (Å²) < 4.78 is 0. The minimum absolute atomic E-state index is 0.0999. The monoisotopic (exact) mass is 460 g/mol. The number of rotatable bonds is 13. The number of primary amides is 1. The fraction of sp³-hybridized carbons (Fsp3) is 0.722. The molecule has 1 aliphatic heterocycles. The van der Waals surface area contributed by atoms with Gasteiger partial charge in [-0.15, -0.1) is 0 Å². The third-order valence-electron chi connectivity index (χ3n) is 4.96. The number of nitrogens with one attached hydrogen (secondary N) is 2. The van der Waals surface area contributed by atoms with Crippen LogP contribution < -0.4 is 27.8 Å². The lowest BCUT2D eigenvalue weighted by Crippen LogP contribution is -2.57. The third-order valence-corrected chi connectivity index (χ3v) is 5.32. The fourth-order valence-electron chi connectivity index (χ4n) is 3.30. The number of hydrogen-bond donors (Lipinski definition) is 7. The molecule has 31 heavy (non-hydrogen) atoms. The number of carboxylic acid groups (broad SMARTS) is 1. The average molecular weight is 461 g/mol. The summed E-state index contributed by atoms with van der Waals surface area (Å²) in [6.07, 6.45) is 1.98. The van der Waals surface area contributed by atoms with Crippen LogP contribution in [0.25, 0.3) is 0 Å². The molecule has 0 aromatic rings. The smallest absolute Gasteiger partial charge is 0.327 e. The van der Waals surface area contributed by atoms with Gasteiger partial charge in [0.15, 0.2) is 0 Å². The number of unbranched alkanes of at least 4 members (excludes halogenated alkanes) is 1. The van der Waals surface area contributed by atoms with Crippen LogP contribution in [0.1, 0.15) is 38.5 Å². The van der Waals surface area contributed by atoms with Crippen LogP contribution >= 0.6 is 12.6 Å². The topological polar surface area (TPSA) is 211 Å². The largest absolute Gasteiger partial charge is 0.480 e. The van der Waals surface area contributed by atoms with Gasteiger partial charge in [-0.05, 0) is 38.6 Å². The van der Waals surface area contributed by atoms with E-state index in [4.69, 9.17) is 22.3 Å². The van der Waals surface area contributed by atoms with Gasteiger partial charge in [-0.2, -0.15) is 12.6 Å². The van der Waals surface area contributed by atoms with Crippen molar-refractivity contribution in [2.24, 2.45) is 17.2 Å². The number of aliphatic carboxylic acids is 1. The Bertz CT molecular complexity index is 678. The summed E-state index contributed by atoms with van der Waals surface area (Å²) in [6, 6.07) is -4.21. The zero-order valence-corrected chi connectivity index (χ0v) is 18.2. The molecule has 0 bridgehead atoms. The molecule has 13 heteroatoms. The van der Waals surface area contributed by atoms with Crippen molar-refractivity contribution in [3.05, 3.63) is 0 Å². The Morgan fingerprint density at radius 3 is 2.35 bits per heavy atom. The summed E-state index contributed by atoms with van der Waals surface area (Å²) in [6.45, 7) is 0.692. The summed E-state index contributed by atoms with van der Waals surface area (Å²) in [7, 11) is 0. The molecule has 1 saturated heterocycles. The first-order chi connectivity index (χ1) is 14.6. The minimum atomic E-state index is -1.23. The standard InChI is InChI=1S/C18H32N6O6S/c19-6-2-1-4-11(22-15(26)10(20)8-14(21)25)17(28)24-7-3-5-13(24)16(27)23-12(9-31)18(29)30/h10-13,31H,1-9,19-20H2,(H2,21,25)(H,22,26)(H,23,27)(H,29,30). The second-order valence-electron chi connectivity index (χ2n) is 7.39. The predicted octanol–water partition coefficient (Wildman–Crippen LogP) is -2.71. The number of likely N-dealkylation sites (tertiary alicyclic amines) is 1. The van der Waals surface area contributed by atoms with E-state index in [-0.39, 0.29) is 25.1 Å². The van der Waals surface area contributed by atoms with Crippen LogP contribution in [0.2, 0.25) is 0 Å². The molecule has 0 radical (unpaired) electrons. The number of carbonyl (C=O) groups is 5. The SMILES string of the molecule is NCCCCC(NC(=O)C(N)CC(N)=O)C(=O)N1CCCC1C(=O)NC(CS)C(=O)O. The van der Waals surface area contributed by atoms with E-state index in [2.05, 4.69) is 23.3 Å². The molecule has 1 rings (SSSR count). The van der Waals surface area contributed by atoms with Gasteiger partial charge in [0.25, 0.3) is 0 Å². The van der Waals surface area contributed by atoms with Crippen LogP contribution in [-0.4, -0.2) is 82.6 Å². The highest BCUT2D eigenvalue weighted by Gasteiger charge is 2.38. The molecule has 4 unspecified atom stereocenters. The van der Waals surface area contributed by atoms with Crippen molar-refractivity contribution in [1.82, 2.24) is 15.5 Å². The maximum atomic E-state index is 13.2. The molecular weight excluding hydrogens is 428 g/mol. The molecule has 0 aromatic heterocycles. The molecule has 0 aliphatic carbocycles. The van der Waals surface area contributed by atoms with Crippen LogP contribution in [0.15, 0.2) is 0 Å². The van der Waals surface area contributed by atoms with E-state index in [0.29, 0.717) is 32.2 Å². The summed E-state index contributed by atoms with van der Waals surface area (Å²) >= 11 is 3.92. The molecule has 12 nitrogen and oxygen atoms in total. The Hall–Kier alpha value is -2.38. The molecule has 4 amide bonds. The lowest BCUT2D eigenvalue weighted by atomic mass is 10.1. The van der Waals surface area contributed by atoms with E-state index in [1.165, 1.54) is 4.90 Å². The second-order valence-corrected chi connectivity index (χ2v) is 7.76. The summed E-state index contributed by atoms with van der Waals surface area (Å²) in [5.74, 6) is -3.85. The number of hydrogen-bond acceptors (Lipinski definition) is 8. The Morgan fingerprint density at radius 2 is 1.81 bits per heavy atom. The van der Waals surface area contributed by atoms with Gasteiger partial charge < -0.3 is 37.8 Å². The van der Waals surface area contributed by atoms with Crippen molar-refractivity contribution in [1.29, 1.82) is 0 Å². The van der Waals surface area contributed by atoms with E-state index < -0.39 is 53.8 Å². The van der Waals surface area contributed by atoms with Gasteiger partial charge in [0.05, 0.1) is 12.5 Å². The minimum Gasteiger partial charge on any atom is -0.480 e. The molecule has 0 saturated carbocycles. The fourth-order valence-corrected chi connectivity index (χ4v) is 3.54. The number of amides is 4. The highest BCUT2D eigenvalue weighted by molar-refractivity contribution is 7.80. The molecule has 176 valence electrons. The molecule has 0 aromatic carbocycles. The van der Waals surface area contributed by atoms with E-state index >= 15 is 0 Å². The number of carbonyl (C=O) groups excluding carboxylic acids is 4. The molecule has 0 spiro atoms. The summed E-state index contributed by atoms with van der Waals surface area (Å²) in [5, 5.41) is 14.0. The zero-order valence-electron chi connectivity index (χ0n) is 17.3. The zero-order chi connectivity index (χ0) is 23.6. The summed E-state index contributed by atoms with van der Waals surface area (Å²) in [5.41, 5.74) is 16.2. The molecule has 9 N–H and O–H groups in total. The Morgan fingerprint density at radius 1 is 1.13 bits per heavy atom. The predicted molar refractivity (Wildman–Crippen MR) is 115 cm³/mol. The van der Waals surface area contributed by atoms with Gasteiger partial charge in [0.1, 0.15) is 18.1 Å². The normalized spacial score (nSPS) is 18.7. The molecule has 1 aliphatic rings. The molecular formula is C18H32N6O6S. The lowest BCUT2D eigenvalue weighted by Gasteiger charge is -2.30. The van der Waals surface area contributed by atoms with Crippen LogP contribution in [0.3, 0.4) is 0 Å². The summed E-state index contributed by atoms with van der Waals surface area (Å²) in [4.78, 5) is 61.6. The number of thiol groups is 1. The first kappa shape index (κ1) is 26.7. The van der Waals surface area contributed by atoms with Crippen molar-refractivity contribution in [3.63, 3.8) is 0 Å². The van der Waals surface area contributed by atoms with Gasteiger partial charge in [-0.1, -0.05) is 0 Å². The van der Waals surface area contributed by atoms with Crippen molar-refractivity contribution < 1.29 is 29.1 Å². The number of carboxylic acids is 1. The molecule has 1 heterocycles. The third kappa shape index (κ3) is 8.34. The van der Waals surface area contributed by atoms with Crippen LogP contribution in [-0.2, 0) is 24.0 Å². The Balaban J connectivity index is 2.92. The first-order valence-corrected chi connectivity index (χ1v) is 10.7. The molecule has 4 atom stereocenters. The van der Waals surface area contributed by atoms with Crippen molar-refractivity contribution in [3.8, 4) is 0 Å². The van der Waals surface area contributed by atoms with E-state index in [0.717, 1.165) is 0 Å². The number of nitrogens with zero attached hydrogens (tertiary/aromatic N) is 1. The van der Waals surface area contributed by atoms with Gasteiger partial charge in [-0.3, -0.25) is 19.2 Å². The lowest BCUT2D eigenvalue weighted by molar-refractivity contribution is -0.144. The van der Waals surface area contributed by atoms with E-state index in [1.807, 2.05) is 0 Å². The van der Waals surface area contributed by atoms with Crippen molar-refractivity contribution in [2.75, 3.05) is 18.8 Å². The van der Waals surface area contributed by atoms with Gasteiger partial charge in [-0.25, -0.2) is 4.79 Å². The maximum Gasteiger partial charge on any atom is 0.327 e. The van der Waals surface area contributed by atoms with Crippen molar-refractivity contribution >= 4 is 42.2 Å². The Kier molecular flexibility index (Phi) is 11.3. The van der Waals surface area contributed by atoms with Crippen LogP contribution in [0.4, 0.5) is 0 Å². The van der Waals surface area contributed by atoms with Crippen molar-refractivity contribution in [2.45, 2.75) is 62.7 Å². The second kappa shape index (κ2) is 13.1. The average Bonchev–Trinajstić information content (AvgIpc) is 3.19. The van der Waals surface area contributed by atoms with E-state index in [1.54, 1.807) is 0 Å². The number of nitrogens with two attached hydrogens (primary N) is 3. The first-order valence-electron chi connectivity index (χ1n) is 10.1. The highest BCUT2D eigenvalue weighted by Crippen LogP contribution is 2.20. The highest BCUT2D eigenvalue weighted by atomic mass is 32.1. The maximum absolute atomic E-state index is 13.2. The van der Waals surface area contributed by atoms with Gasteiger partial charge in [0, 0.05) is 12.3 Å².